The van der Waals surface area contributed by atoms with E-state index in [1.807, 2.05) is 0 Å². The molecule has 1 fully saturated rings. The zero-order valence-corrected chi connectivity index (χ0v) is 11.5. The molecule has 0 aromatic heterocycles. The molecule has 1 aromatic rings. The zero-order chi connectivity index (χ0) is 14.7. The Bertz CT molecular complexity index is 508. The van der Waals surface area contributed by atoms with Gasteiger partial charge in [-0.15, -0.1) is 0 Å². The van der Waals surface area contributed by atoms with Crippen molar-refractivity contribution in [2.24, 2.45) is 0 Å². The van der Waals surface area contributed by atoms with Crippen LogP contribution in [-0.2, 0) is 4.74 Å². The molecule has 1 amide bonds. The Kier molecular flexibility index (Phi) is 4.67. The molecule has 1 saturated heterocycles. The fourth-order valence-electron chi connectivity index (χ4n) is 2.33. The fourth-order valence-corrected chi connectivity index (χ4v) is 2.33. The molecule has 20 heavy (non-hydrogen) atoms. The molecule has 0 bridgehead atoms. The van der Waals surface area contributed by atoms with E-state index in [0.717, 1.165) is 13.0 Å². The van der Waals surface area contributed by atoms with Crippen LogP contribution in [0, 0.1) is 18.6 Å². The van der Waals surface area contributed by atoms with Gasteiger partial charge in [-0.25, -0.2) is 8.78 Å². The molecule has 2 rings (SSSR count). The van der Waals surface area contributed by atoms with Crippen molar-refractivity contribution >= 4 is 5.91 Å². The SMILES string of the molecule is CO[C@@H]1CCNC[C@@H]1NC(=O)c1ccc(C)c(F)c1F. The minimum absolute atomic E-state index is 0.126. The molecule has 1 aromatic carbocycles. The molecular formula is C14H18F2N2O2. The number of ether oxygens (including phenoxy) is 1. The molecular weight excluding hydrogens is 266 g/mol. The first-order valence-corrected chi connectivity index (χ1v) is 6.53. The predicted octanol–water partition coefficient (Wildman–Crippen LogP) is 1.38. The Hall–Kier alpha value is -1.53. The van der Waals surface area contributed by atoms with Crippen molar-refractivity contribution in [2.75, 3.05) is 20.2 Å². The smallest absolute Gasteiger partial charge is 0.254 e. The van der Waals surface area contributed by atoms with Gasteiger partial charge in [0, 0.05) is 13.7 Å². The van der Waals surface area contributed by atoms with E-state index in [-0.39, 0.29) is 23.3 Å². The van der Waals surface area contributed by atoms with Crippen LogP contribution in [0.3, 0.4) is 0 Å². The number of rotatable bonds is 3. The molecule has 6 heteroatoms. The Morgan fingerprint density at radius 3 is 2.85 bits per heavy atom. The van der Waals surface area contributed by atoms with Gasteiger partial charge in [0.1, 0.15) is 0 Å². The zero-order valence-electron chi connectivity index (χ0n) is 11.5. The van der Waals surface area contributed by atoms with E-state index in [1.165, 1.54) is 19.1 Å². The largest absolute Gasteiger partial charge is 0.379 e. The first-order valence-electron chi connectivity index (χ1n) is 6.53. The second-order valence-corrected chi connectivity index (χ2v) is 4.90. The molecule has 2 atom stereocenters. The number of amides is 1. The van der Waals surface area contributed by atoms with E-state index in [0.29, 0.717) is 6.54 Å². The van der Waals surface area contributed by atoms with Crippen molar-refractivity contribution < 1.29 is 18.3 Å². The average Bonchev–Trinajstić information content (AvgIpc) is 2.45. The number of piperidine rings is 1. The standard InChI is InChI=1S/C14H18F2N2O2/c1-8-3-4-9(13(16)12(8)15)14(19)18-10-7-17-6-5-11(10)20-2/h3-4,10-11,17H,5-7H2,1-2H3,(H,18,19)/t10-,11+/m0/s1. The minimum Gasteiger partial charge on any atom is -0.379 e. The molecule has 0 saturated carbocycles. The monoisotopic (exact) mass is 284 g/mol. The van der Waals surface area contributed by atoms with Crippen LogP contribution < -0.4 is 10.6 Å². The van der Waals surface area contributed by atoms with Gasteiger partial charge < -0.3 is 15.4 Å². The van der Waals surface area contributed by atoms with Crippen LogP contribution in [0.1, 0.15) is 22.3 Å². The van der Waals surface area contributed by atoms with Gasteiger partial charge in [-0.05, 0) is 31.5 Å². The van der Waals surface area contributed by atoms with Gasteiger partial charge in [-0.3, -0.25) is 4.79 Å². The molecule has 0 unspecified atom stereocenters. The maximum atomic E-state index is 13.8. The fraction of sp³-hybridized carbons (Fsp3) is 0.500. The summed E-state index contributed by atoms with van der Waals surface area (Å²) in [5, 5.41) is 5.82. The number of carbonyl (C=O) groups is 1. The maximum absolute atomic E-state index is 13.8. The number of carbonyl (C=O) groups excluding carboxylic acids is 1. The third kappa shape index (κ3) is 2.96. The van der Waals surface area contributed by atoms with Gasteiger partial charge >= 0.3 is 0 Å². The van der Waals surface area contributed by atoms with Crippen LogP contribution in [0.2, 0.25) is 0 Å². The lowest BCUT2D eigenvalue weighted by atomic mass is 10.0. The van der Waals surface area contributed by atoms with E-state index in [9.17, 15) is 13.6 Å². The Labute approximate surface area is 116 Å². The van der Waals surface area contributed by atoms with Gasteiger partial charge in [-0.1, -0.05) is 6.07 Å². The second kappa shape index (κ2) is 6.28. The molecule has 110 valence electrons. The normalized spacial score (nSPS) is 22.6. The minimum atomic E-state index is -1.11. The summed E-state index contributed by atoms with van der Waals surface area (Å²) in [5.41, 5.74) is -0.110. The molecule has 1 aliphatic rings. The van der Waals surface area contributed by atoms with Crippen molar-refractivity contribution in [3.63, 3.8) is 0 Å². The van der Waals surface area contributed by atoms with Crippen molar-refractivity contribution in [1.82, 2.24) is 10.6 Å². The predicted molar refractivity (Wildman–Crippen MR) is 70.6 cm³/mol. The Morgan fingerprint density at radius 2 is 2.15 bits per heavy atom. The van der Waals surface area contributed by atoms with Crippen LogP contribution in [0.4, 0.5) is 8.78 Å². The van der Waals surface area contributed by atoms with Crippen molar-refractivity contribution in [2.45, 2.75) is 25.5 Å². The molecule has 0 radical (unpaired) electrons. The topological polar surface area (TPSA) is 50.4 Å². The lowest BCUT2D eigenvalue weighted by Crippen LogP contribution is -2.54. The third-order valence-corrected chi connectivity index (χ3v) is 3.56. The van der Waals surface area contributed by atoms with Crippen molar-refractivity contribution in [1.29, 1.82) is 0 Å². The van der Waals surface area contributed by atoms with Crippen LogP contribution in [0.5, 0.6) is 0 Å². The Morgan fingerprint density at radius 1 is 1.40 bits per heavy atom. The quantitative estimate of drug-likeness (QED) is 0.881. The number of nitrogens with one attached hydrogen (secondary N) is 2. The summed E-state index contributed by atoms with van der Waals surface area (Å²) in [7, 11) is 1.57. The highest BCUT2D eigenvalue weighted by Crippen LogP contribution is 2.16. The lowest BCUT2D eigenvalue weighted by Gasteiger charge is -2.31. The van der Waals surface area contributed by atoms with Crippen LogP contribution in [0.25, 0.3) is 0 Å². The van der Waals surface area contributed by atoms with Crippen LogP contribution >= 0.6 is 0 Å². The van der Waals surface area contributed by atoms with E-state index in [2.05, 4.69) is 10.6 Å². The number of methoxy groups -OCH3 is 1. The summed E-state index contributed by atoms with van der Waals surface area (Å²) >= 11 is 0. The summed E-state index contributed by atoms with van der Waals surface area (Å²) in [6, 6.07) is 2.42. The second-order valence-electron chi connectivity index (χ2n) is 4.90. The highest BCUT2D eigenvalue weighted by Gasteiger charge is 2.27. The molecule has 1 heterocycles. The van der Waals surface area contributed by atoms with Gasteiger partial charge in [0.25, 0.3) is 5.91 Å². The van der Waals surface area contributed by atoms with Gasteiger partial charge in [0.05, 0.1) is 17.7 Å². The summed E-state index contributed by atoms with van der Waals surface area (Å²) < 4.78 is 32.5. The lowest BCUT2D eigenvalue weighted by molar-refractivity contribution is 0.0446. The van der Waals surface area contributed by atoms with Crippen LogP contribution in [-0.4, -0.2) is 38.3 Å². The average molecular weight is 284 g/mol. The first-order chi connectivity index (χ1) is 9.54. The molecule has 1 aliphatic heterocycles. The van der Waals surface area contributed by atoms with E-state index in [1.54, 1.807) is 7.11 Å². The molecule has 0 aliphatic carbocycles. The van der Waals surface area contributed by atoms with Gasteiger partial charge in [0.2, 0.25) is 0 Å². The number of benzene rings is 1. The van der Waals surface area contributed by atoms with E-state index < -0.39 is 17.5 Å². The summed E-state index contributed by atoms with van der Waals surface area (Å²) in [6.07, 6.45) is 0.630. The number of halogens is 2. The highest BCUT2D eigenvalue weighted by molar-refractivity contribution is 5.94. The molecule has 4 nitrogen and oxygen atoms in total. The number of hydrogen-bond donors (Lipinski definition) is 2. The summed E-state index contributed by atoms with van der Waals surface area (Å²) in [6.45, 7) is 2.80. The van der Waals surface area contributed by atoms with E-state index >= 15 is 0 Å². The molecule has 2 N–H and O–H groups in total. The van der Waals surface area contributed by atoms with Gasteiger partial charge in [0.15, 0.2) is 11.6 Å². The maximum Gasteiger partial charge on any atom is 0.254 e. The van der Waals surface area contributed by atoms with Crippen molar-refractivity contribution in [3.05, 3.63) is 34.9 Å². The summed E-state index contributed by atoms with van der Waals surface area (Å²) in [5.74, 6) is -2.72. The van der Waals surface area contributed by atoms with Gasteiger partial charge in [-0.2, -0.15) is 0 Å². The Balaban J connectivity index is 2.14. The number of hydrogen-bond acceptors (Lipinski definition) is 3. The third-order valence-electron chi connectivity index (χ3n) is 3.56. The van der Waals surface area contributed by atoms with Crippen molar-refractivity contribution in [3.8, 4) is 0 Å². The van der Waals surface area contributed by atoms with E-state index in [4.69, 9.17) is 4.74 Å². The van der Waals surface area contributed by atoms with Crippen LogP contribution in [0.15, 0.2) is 12.1 Å². The molecule has 0 spiro atoms. The first kappa shape index (κ1) is 14.9. The number of aryl methyl sites for hydroxylation is 1. The highest BCUT2D eigenvalue weighted by atomic mass is 19.2. The summed E-state index contributed by atoms with van der Waals surface area (Å²) in [4.78, 5) is 12.1.